The van der Waals surface area contributed by atoms with Gasteiger partial charge >= 0.3 is 0 Å². The summed E-state index contributed by atoms with van der Waals surface area (Å²) in [6.07, 6.45) is 7.50. The van der Waals surface area contributed by atoms with Crippen LogP contribution < -0.4 is 5.32 Å². The lowest BCUT2D eigenvalue weighted by Crippen LogP contribution is -2.18. The fourth-order valence-corrected chi connectivity index (χ4v) is 3.93. The lowest BCUT2D eigenvalue weighted by atomic mass is 9.93. The molecule has 3 heteroatoms. The van der Waals surface area contributed by atoms with E-state index >= 15 is 0 Å². The molecule has 3 unspecified atom stereocenters. The minimum Gasteiger partial charge on any atom is -0.384 e. The minimum absolute atomic E-state index is 0.792. The van der Waals surface area contributed by atoms with Crippen molar-refractivity contribution in [3.05, 3.63) is 38.9 Å². The van der Waals surface area contributed by atoms with E-state index in [2.05, 4.69) is 52.2 Å². The first-order valence-electron chi connectivity index (χ1n) is 6.09. The summed E-state index contributed by atoms with van der Waals surface area (Å²) in [5.74, 6) is 2.44. The van der Waals surface area contributed by atoms with Gasteiger partial charge in [-0.2, -0.15) is 0 Å². The summed E-state index contributed by atoms with van der Waals surface area (Å²) in [7, 11) is 0. The molecular formula is C14H15ClIN. The van der Waals surface area contributed by atoms with Gasteiger partial charge in [0.2, 0.25) is 0 Å². The number of benzene rings is 1. The van der Waals surface area contributed by atoms with Crippen molar-refractivity contribution in [2.45, 2.75) is 12.8 Å². The molecule has 0 aliphatic heterocycles. The third-order valence-electron chi connectivity index (χ3n) is 3.90. The van der Waals surface area contributed by atoms with Crippen LogP contribution in [0.2, 0.25) is 5.02 Å². The van der Waals surface area contributed by atoms with Crippen LogP contribution in [0.5, 0.6) is 0 Å². The number of anilines is 1. The van der Waals surface area contributed by atoms with Crippen LogP contribution in [0.3, 0.4) is 0 Å². The Balaban J connectivity index is 1.62. The molecule has 0 radical (unpaired) electrons. The van der Waals surface area contributed by atoms with Gasteiger partial charge in [-0.05, 0) is 71.4 Å². The Hall–Kier alpha value is -0.220. The number of rotatable bonds is 3. The normalized spacial score (nSPS) is 29.9. The molecule has 2 aliphatic carbocycles. The summed E-state index contributed by atoms with van der Waals surface area (Å²) in [6, 6.07) is 6.17. The van der Waals surface area contributed by atoms with E-state index in [1.807, 2.05) is 6.07 Å². The summed E-state index contributed by atoms with van der Waals surface area (Å²) in [6.45, 7) is 1.05. The topological polar surface area (TPSA) is 12.0 Å². The fourth-order valence-electron chi connectivity index (χ4n) is 3.00. The van der Waals surface area contributed by atoms with Gasteiger partial charge < -0.3 is 5.32 Å². The number of halogens is 2. The molecular weight excluding hydrogens is 345 g/mol. The second-order valence-electron chi connectivity index (χ2n) is 5.05. The highest BCUT2D eigenvalue weighted by Gasteiger charge is 2.35. The van der Waals surface area contributed by atoms with Gasteiger partial charge in [-0.1, -0.05) is 23.8 Å². The van der Waals surface area contributed by atoms with Crippen molar-refractivity contribution in [1.29, 1.82) is 0 Å². The molecule has 3 atom stereocenters. The maximum absolute atomic E-state index is 6.21. The van der Waals surface area contributed by atoms with Gasteiger partial charge in [-0.3, -0.25) is 0 Å². The second kappa shape index (κ2) is 4.81. The van der Waals surface area contributed by atoms with E-state index in [0.717, 1.165) is 35.0 Å². The molecule has 0 saturated heterocycles. The van der Waals surface area contributed by atoms with Crippen LogP contribution in [0.15, 0.2) is 30.4 Å². The van der Waals surface area contributed by atoms with Crippen molar-refractivity contribution in [1.82, 2.24) is 0 Å². The summed E-state index contributed by atoms with van der Waals surface area (Å²) in [5, 5.41) is 4.33. The summed E-state index contributed by atoms with van der Waals surface area (Å²) >= 11 is 8.50. The number of allylic oxidation sites excluding steroid dienone is 2. The Labute approximate surface area is 121 Å². The van der Waals surface area contributed by atoms with Crippen molar-refractivity contribution in [2.24, 2.45) is 17.8 Å². The zero-order valence-corrected chi connectivity index (χ0v) is 12.4. The molecule has 3 rings (SSSR count). The Morgan fingerprint density at radius 2 is 2.18 bits per heavy atom. The lowest BCUT2D eigenvalue weighted by Gasteiger charge is -2.19. The molecule has 1 aromatic rings. The summed E-state index contributed by atoms with van der Waals surface area (Å²) in [5.41, 5.74) is 1.07. The maximum atomic E-state index is 6.21. The number of fused-ring (bicyclic) bond motifs is 2. The van der Waals surface area contributed by atoms with Crippen LogP contribution in [0.25, 0.3) is 0 Å². The van der Waals surface area contributed by atoms with Crippen LogP contribution in [0.4, 0.5) is 5.69 Å². The zero-order chi connectivity index (χ0) is 11.8. The molecule has 0 heterocycles. The molecule has 2 bridgehead atoms. The lowest BCUT2D eigenvalue weighted by molar-refractivity contribution is 0.472. The molecule has 1 aromatic carbocycles. The number of nitrogens with one attached hydrogen (secondary N) is 1. The van der Waals surface area contributed by atoms with Crippen molar-refractivity contribution in [2.75, 3.05) is 11.9 Å². The first-order chi connectivity index (χ1) is 8.22. The van der Waals surface area contributed by atoms with Crippen LogP contribution >= 0.6 is 34.2 Å². The largest absolute Gasteiger partial charge is 0.384 e. The monoisotopic (exact) mass is 359 g/mol. The van der Waals surface area contributed by atoms with Crippen LogP contribution in [-0.4, -0.2) is 6.54 Å². The van der Waals surface area contributed by atoms with Crippen molar-refractivity contribution >= 4 is 39.9 Å². The number of hydrogen-bond acceptors (Lipinski definition) is 1. The molecule has 1 nitrogen and oxygen atoms in total. The highest BCUT2D eigenvalue weighted by atomic mass is 127. The quantitative estimate of drug-likeness (QED) is 0.616. The van der Waals surface area contributed by atoms with Crippen LogP contribution in [0.1, 0.15) is 12.8 Å². The van der Waals surface area contributed by atoms with E-state index in [0.29, 0.717) is 0 Å². The third-order valence-corrected chi connectivity index (χ3v) is 4.89. The average molecular weight is 360 g/mol. The van der Waals surface area contributed by atoms with Gasteiger partial charge in [0.25, 0.3) is 0 Å². The van der Waals surface area contributed by atoms with E-state index < -0.39 is 0 Å². The van der Waals surface area contributed by atoms with Gasteiger partial charge in [-0.15, -0.1) is 0 Å². The molecule has 17 heavy (non-hydrogen) atoms. The van der Waals surface area contributed by atoms with Crippen molar-refractivity contribution < 1.29 is 0 Å². The van der Waals surface area contributed by atoms with Crippen molar-refractivity contribution in [3.8, 4) is 0 Å². The predicted octanol–water partition coefficient (Wildman–Crippen LogP) is 4.57. The van der Waals surface area contributed by atoms with Gasteiger partial charge in [0.15, 0.2) is 0 Å². The highest BCUT2D eigenvalue weighted by molar-refractivity contribution is 14.1. The smallest absolute Gasteiger partial charge is 0.0648 e. The van der Waals surface area contributed by atoms with Crippen LogP contribution in [-0.2, 0) is 0 Å². The molecule has 0 amide bonds. The van der Waals surface area contributed by atoms with E-state index in [9.17, 15) is 0 Å². The first kappa shape index (κ1) is 11.8. The molecule has 1 N–H and O–H groups in total. The maximum Gasteiger partial charge on any atom is 0.0648 e. The molecule has 1 fully saturated rings. The molecule has 0 aromatic heterocycles. The van der Waals surface area contributed by atoms with Gasteiger partial charge in [-0.25, -0.2) is 0 Å². The molecule has 1 saturated carbocycles. The standard InChI is InChI=1S/C14H15ClIN/c15-13-7-12(16)3-4-14(13)17-8-11-6-9-1-2-10(11)5-9/h1-4,7,9-11,17H,5-6,8H2. The second-order valence-corrected chi connectivity index (χ2v) is 6.70. The first-order valence-corrected chi connectivity index (χ1v) is 7.55. The van der Waals surface area contributed by atoms with Crippen molar-refractivity contribution in [3.63, 3.8) is 0 Å². The highest BCUT2D eigenvalue weighted by Crippen LogP contribution is 2.43. The fraction of sp³-hybridized carbons (Fsp3) is 0.429. The Morgan fingerprint density at radius 3 is 2.82 bits per heavy atom. The number of hydrogen-bond donors (Lipinski definition) is 1. The van der Waals surface area contributed by atoms with Crippen LogP contribution in [0, 0.1) is 21.3 Å². The van der Waals surface area contributed by atoms with E-state index in [1.54, 1.807) is 0 Å². The third kappa shape index (κ3) is 2.48. The summed E-state index contributed by atoms with van der Waals surface area (Å²) in [4.78, 5) is 0. The predicted molar refractivity (Wildman–Crippen MR) is 81.5 cm³/mol. The minimum atomic E-state index is 0.792. The Bertz CT molecular complexity index is 458. The zero-order valence-electron chi connectivity index (χ0n) is 9.50. The molecule has 90 valence electrons. The van der Waals surface area contributed by atoms with Gasteiger partial charge in [0.1, 0.15) is 0 Å². The average Bonchev–Trinajstić information content (AvgIpc) is 2.89. The van der Waals surface area contributed by atoms with Gasteiger partial charge in [0.05, 0.1) is 10.7 Å². The SMILES string of the molecule is Clc1cc(I)ccc1NCC1CC2C=CC1C2. The van der Waals surface area contributed by atoms with E-state index in [-0.39, 0.29) is 0 Å². The molecule has 2 aliphatic rings. The Kier molecular flexibility index (Phi) is 3.35. The van der Waals surface area contributed by atoms with Gasteiger partial charge in [0, 0.05) is 10.1 Å². The van der Waals surface area contributed by atoms with E-state index in [1.165, 1.54) is 16.4 Å². The summed E-state index contributed by atoms with van der Waals surface area (Å²) < 4.78 is 1.18. The van der Waals surface area contributed by atoms with E-state index in [4.69, 9.17) is 11.6 Å². The molecule has 0 spiro atoms. The Morgan fingerprint density at radius 1 is 1.29 bits per heavy atom.